The van der Waals surface area contributed by atoms with Gasteiger partial charge in [0.25, 0.3) is 5.91 Å². The third kappa shape index (κ3) is 2.90. The zero-order valence-corrected chi connectivity index (χ0v) is 11.6. The molecule has 0 aliphatic heterocycles. The number of aryl methyl sites for hydroxylation is 1. The Morgan fingerprint density at radius 2 is 2.00 bits per heavy atom. The van der Waals surface area contributed by atoms with Crippen LogP contribution in [-0.4, -0.2) is 11.1 Å². The first kappa shape index (κ1) is 15.5. The van der Waals surface area contributed by atoms with Gasteiger partial charge in [-0.15, -0.1) is 6.42 Å². The van der Waals surface area contributed by atoms with Crippen LogP contribution in [-0.2, 0) is 0 Å². The van der Waals surface area contributed by atoms with Crippen LogP contribution in [0.4, 0.5) is 20.2 Å². The molecule has 112 valence electrons. The molecule has 3 N–H and O–H groups in total. The highest BCUT2D eigenvalue weighted by molar-refractivity contribution is 5.99. The van der Waals surface area contributed by atoms with Gasteiger partial charge < -0.3 is 5.32 Å². The van der Waals surface area contributed by atoms with Gasteiger partial charge in [0, 0.05) is 11.3 Å². The molecule has 0 atom stereocenters. The Kier molecular flexibility index (Phi) is 4.39. The summed E-state index contributed by atoms with van der Waals surface area (Å²) in [4.78, 5) is 11.6. The van der Waals surface area contributed by atoms with Gasteiger partial charge in [0.1, 0.15) is 0 Å². The van der Waals surface area contributed by atoms with Crippen LogP contribution in [0.15, 0.2) is 30.3 Å². The average Bonchev–Trinajstić information content (AvgIpc) is 2.52. The summed E-state index contributed by atoms with van der Waals surface area (Å²) >= 11 is 0. The lowest BCUT2D eigenvalue weighted by Crippen LogP contribution is -2.20. The highest BCUT2D eigenvalue weighted by Gasteiger charge is 2.19. The van der Waals surface area contributed by atoms with Crippen molar-refractivity contribution in [2.24, 2.45) is 0 Å². The van der Waals surface area contributed by atoms with E-state index in [0.717, 1.165) is 12.1 Å². The van der Waals surface area contributed by atoms with Gasteiger partial charge in [-0.05, 0) is 42.8 Å². The van der Waals surface area contributed by atoms with Crippen molar-refractivity contribution < 1.29 is 18.8 Å². The molecule has 0 aromatic heterocycles. The molecule has 0 radical (unpaired) electrons. The summed E-state index contributed by atoms with van der Waals surface area (Å²) < 4.78 is 27.4. The summed E-state index contributed by atoms with van der Waals surface area (Å²) in [5.41, 5.74) is 2.56. The predicted octanol–water partition coefficient (Wildman–Crippen LogP) is 3.12. The van der Waals surface area contributed by atoms with Gasteiger partial charge in [0.15, 0.2) is 11.6 Å². The zero-order chi connectivity index (χ0) is 16.3. The molecule has 0 spiro atoms. The van der Waals surface area contributed by atoms with E-state index in [1.165, 1.54) is 5.48 Å². The smallest absolute Gasteiger partial charge is 0.276 e. The van der Waals surface area contributed by atoms with Crippen LogP contribution >= 0.6 is 0 Å². The minimum atomic E-state index is -1.22. The van der Waals surface area contributed by atoms with Crippen LogP contribution in [0, 0.1) is 30.9 Å². The van der Waals surface area contributed by atoms with Gasteiger partial charge in [-0.3, -0.25) is 10.0 Å². The Labute approximate surface area is 125 Å². The van der Waals surface area contributed by atoms with Crippen molar-refractivity contribution in [3.63, 3.8) is 0 Å². The Morgan fingerprint density at radius 1 is 1.27 bits per heavy atom. The quantitative estimate of drug-likeness (QED) is 0.464. The van der Waals surface area contributed by atoms with E-state index in [-0.39, 0.29) is 11.3 Å². The molecule has 2 aromatic rings. The van der Waals surface area contributed by atoms with Crippen LogP contribution in [0.25, 0.3) is 0 Å². The molecular formula is C16H12F2N2O2. The number of halogens is 2. The Balaban J connectivity index is 2.51. The largest absolute Gasteiger partial charge is 0.352 e. The number of nitrogens with one attached hydrogen (secondary N) is 2. The molecule has 2 aromatic carbocycles. The van der Waals surface area contributed by atoms with E-state index in [2.05, 4.69) is 11.2 Å². The number of terminal acetylenes is 1. The van der Waals surface area contributed by atoms with Gasteiger partial charge in [-0.1, -0.05) is 5.92 Å². The number of hydrogen-bond acceptors (Lipinski definition) is 3. The average molecular weight is 302 g/mol. The molecule has 0 aliphatic rings. The fourth-order valence-corrected chi connectivity index (χ4v) is 1.95. The van der Waals surface area contributed by atoms with Crippen LogP contribution in [0.2, 0.25) is 0 Å². The second kappa shape index (κ2) is 6.24. The molecule has 0 aliphatic carbocycles. The molecule has 22 heavy (non-hydrogen) atoms. The Bertz CT molecular complexity index is 782. The minimum absolute atomic E-state index is 0.234. The third-order valence-electron chi connectivity index (χ3n) is 3.09. The molecule has 0 saturated carbocycles. The van der Waals surface area contributed by atoms with E-state index in [0.29, 0.717) is 16.8 Å². The minimum Gasteiger partial charge on any atom is -0.352 e. The van der Waals surface area contributed by atoms with E-state index in [1.54, 1.807) is 25.1 Å². The summed E-state index contributed by atoms with van der Waals surface area (Å²) in [5, 5.41) is 11.4. The number of amides is 1. The summed E-state index contributed by atoms with van der Waals surface area (Å²) in [6.45, 7) is 1.73. The molecule has 0 saturated heterocycles. The van der Waals surface area contributed by atoms with Crippen molar-refractivity contribution in [3.05, 3.63) is 58.7 Å². The van der Waals surface area contributed by atoms with E-state index >= 15 is 0 Å². The van der Waals surface area contributed by atoms with Crippen molar-refractivity contribution in [1.29, 1.82) is 0 Å². The fraction of sp³-hybridized carbons (Fsp3) is 0.0625. The molecule has 0 unspecified atom stereocenters. The number of hydroxylamine groups is 1. The molecule has 1 amide bonds. The summed E-state index contributed by atoms with van der Waals surface area (Å²) in [5.74, 6) is -0.837. The monoisotopic (exact) mass is 302 g/mol. The molecule has 0 fully saturated rings. The van der Waals surface area contributed by atoms with Crippen LogP contribution in [0.3, 0.4) is 0 Å². The third-order valence-corrected chi connectivity index (χ3v) is 3.09. The first-order valence-corrected chi connectivity index (χ1v) is 6.24. The standard InChI is InChI=1S/C16H12F2N2O2/c1-3-10-4-7-13(9(2)8-10)19-15-11(16(21)20-22)5-6-12(17)14(15)18/h1,4-8,19,22H,2H3,(H,20,21). The highest BCUT2D eigenvalue weighted by atomic mass is 19.2. The first-order valence-electron chi connectivity index (χ1n) is 6.24. The molecule has 4 nitrogen and oxygen atoms in total. The van der Waals surface area contributed by atoms with Crippen molar-refractivity contribution >= 4 is 17.3 Å². The lowest BCUT2D eigenvalue weighted by atomic mass is 10.1. The van der Waals surface area contributed by atoms with Crippen LogP contribution in [0.1, 0.15) is 21.5 Å². The van der Waals surface area contributed by atoms with Gasteiger partial charge >= 0.3 is 0 Å². The molecule has 2 rings (SSSR count). The van der Waals surface area contributed by atoms with Crippen LogP contribution < -0.4 is 10.8 Å². The van der Waals surface area contributed by atoms with Crippen LogP contribution in [0.5, 0.6) is 0 Å². The van der Waals surface area contributed by atoms with Crippen molar-refractivity contribution in [2.75, 3.05) is 5.32 Å². The number of carbonyl (C=O) groups is 1. The van der Waals surface area contributed by atoms with Crippen molar-refractivity contribution in [2.45, 2.75) is 6.92 Å². The van der Waals surface area contributed by atoms with Crippen molar-refractivity contribution in [1.82, 2.24) is 5.48 Å². The van der Waals surface area contributed by atoms with Gasteiger partial charge in [0.05, 0.1) is 11.3 Å². The fourth-order valence-electron chi connectivity index (χ4n) is 1.95. The zero-order valence-electron chi connectivity index (χ0n) is 11.6. The second-order valence-corrected chi connectivity index (χ2v) is 4.52. The normalized spacial score (nSPS) is 9.95. The predicted molar refractivity (Wildman–Crippen MR) is 78.0 cm³/mol. The summed E-state index contributed by atoms with van der Waals surface area (Å²) in [6.07, 6.45) is 5.29. The molecule has 6 heteroatoms. The van der Waals surface area contributed by atoms with Gasteiger partial charge in [-0.25, -0.2) is 14.3 Å². The number of rotatable bonds is 3. The molecular weight excluding hydrogens is 290 g/mol. The van der Waals surface area contributed by atoms with E-state index in [1.807, 2.05) is 0 Å². The number of benzene rings is 2. The lowest BCUT2D eigenvalue weighted by molar-refractivity contribution is 0.0707. The van der Waals surface area contributed by atoms with Gasteiger partial charge in [-0.2, -0.15) is 0 Å². The molecule has 0 bridgehead atoms. The maximum atomic E-state index is 14.0. The van der Waals surface area contributed by atoms with Crippen molar-refractivity contribution in [3.8, 4) is 12.3 Å². The van der Waals surface area contributed by atoms with E-state index in [4.69, 9.17) is 11.6 Å². The SMILES string of the molecule is C#Cc1ccc(Nc2c(C(=O)NO)ccc(F)c2F)c(C)c1. The van der Waals surface area contributed by atoms with E-state index < -0.39 is 17.5 Å². The maximum absolute atomic E-state index is 14.0. The van der Waals surface area contributed by atoms with E-state index in [9.17, 15) is 13.6 Å². The summed E-state index contributed by atoms with van der Waals surface area (Å²) in [6, 6.07) is 6.77. The highest BCUT2D eigenvalue weighted by Crippen LogP contribution is 2.28. The maximum Gasteiger partial charge on any atom is 0.276 e. The number of hydrogen-bond donors (Lipinski definition) is 3. The lowest BCUT2D eigenvalue weighted by Gasteiger charge is -2.14. The second-order valence-electron chi connectivity index (χ2n) is 4.52. The molecule has 0 heterocycles. The Morgan fingerprint density at radius 3 is 2.59 bits per heavy atom. The van der Waals surface area contributed by atoms with Gasteiger partial charge in [0.2, 0.25) is 0 Å². The summed E-state index contributed by atoms with van der Waals surface area (Å²) in [7, 11) is 0. The number of carbonyl (C=O) groups excluding carboxylic acids is 1. The Hall–Kier alpha value is -2.91. The topological polar surface area (TPSA) is 61.4 Å². The number of anilines is 2. The first-order chi connectivity index (χ1) is 10.5.